The lowest BCUT2D eigenvalue weighted by Gasteiger charge is -2.13. The van der Waals surface area contributed by atoms with Crippen LogP contribution in [0.3, 0.4) is 0 Å². The first-order chi connectivity index (χ1) is 8.29. The van der Waals surface area contributed by atoms with Crippen LogP contribution in [0.4, 0.5) is 18.9 Å². The number of alkyl halides is 3. The Labute approximate surface area is 107 Å². The molecule has 0 aliphatic rings. The van der Waals surface area contributed by atoms with Crippen LogP contribution in [-0.4, -0.2) is 23.9 Å². The average Bonchev–Trinajstić information content (AvgIpc) is 2.26. The smallest absolute Gasteiger partial charge is 0.324 e. The van der Waals surface area contributed by atoms with Gasteiger partial charge in [-0.25, -0.2) is 0 Å². The number of rotatable bonds is 4. The summed E-state index contributed by atoms with van der Waals surface area (Å²) >= 11 is 0.627. The van der Waals surface area contributed by atoms with Crippen molar-refractivity contribution in [2.45, 2.75) is 24.0 Å². The lowest BCUT2D eigenvalue weighted by Crippen LogP contribution is -2.32. The van der Waals surface area contributed by atoms with Crippen molar-refractivity contribution in [2.75, 3.05) is 11.1 Å². The van der Waals surface area contributed by atoms with Crippen molar-refractivity contribution in [1.82, 2.24) is 0 Å². The number of para-hydroxylation sites is 1. The number of carbonyl (C=O) groups is 1. The lowest BCUT2D eigenvalue weighted by molar-refractivity contribution is -0.117. The summed E-state index contributed by atoms with van der Waals surface area (Å²) in [5.74, 6) is -1.44. The van der Waals surface area contributed by atoms with E-state index < -0.39 is 23.9 Å². The molecule has 0 radical (unpaired) electrons. The van der Waals surface area contributed by atoms with E-state index in [-0.39, 0.29) is 0 Å². The van der Waals surface area contributed by atoms with E-state index in [0.29, 0.717) is 22.3 Å². The molecule has 0 heterocycles. The molecular formula is C11H13F3N2OS. The highest BCUT2D eigenvalue weighted by atomic mass is 32.2. The molecule has 0 aliphatic carbocycles. The summed E-state index contributed by atoms with van der Waals surface area (Å²) in [6.45, 7) is 1.50. The number of nitrogens with two attached hydrogens (primary N) is 1. The van der Waals surface area contributed by atoms with Gasteiger partial charge >= 0.3 is 6.18 Å². The van der Waals surface area contributed by atoms with Gasteiger partial charge in [0.15, 0.2) is 0 Å². The second kappa shape index (κ2) is 6.10. The van der Waals surface area contributed by atoms with Gasteiger partial charge in [-0.05, 0) is 19.1 Å². The van der Waals surface area contributed by atoms with Crippen LogP contribution in [0.2, 0.25) is 0 Å². The molecule has 100 valence electrons. The van der Waals surface area contributed by atoms with Crippen LogP contribution in [-0.2, 0) is 4.79 Å². The normalized spacial score (nSPS) is 13.2. The molecule has 3 nitrogen and oxygen atoms in total. The molecular weight excluding hydrogens is 265 g/mol. The molecule has 1 rings (SSSR count). The first-order valence-corrected chi connectivity index (χ1v) is 6.13. The number of amides is 1. The van der Waals surface area contributed by atoms with Gasteiger partial charge in [-0.3, -0.25) is 4.79 Å². The van der Waals surface area contributed by atoms with Crippen molar-refractivity contribution in [3.05, 3.63) is 24.3 Å². The fraction of sp³-hybridized carbons (Fsp3) is 0.364. The van der Waals surface area contributed by atoms with Crippen molar-refractivity contribution >= 4 is 23.4 Å². The number of benzene rings is 1. The molecule has 1 aromatic carbocycles. The Morgan fingerprint density at radius 2 is 2.06 bits per heavy atom. The average molecular weight is 278 g/mol. The maximum Gasteiger partial charge on any atom is 0.398 e. The molecule has 0 fully saturated rings. The summed E-state index contributed by atoms with van der Waals surface area (Å²) in [6, 6.07) is 5.59. The number of hydrogen-bond acceptors (Lipinski definition) is 3. The van der Waals surface area contributed by atoms with Gasteiger partial charge in [-0.2, -0.15) is 13.2 Å². The summed E-state index contributed by atoms with van der Waals surface area (Å²) < 4.78 is 36.4. The van der Waals surface area contributed by atoms with Gasteiger partial charge < -0.3 is 11.1 Å². The van der Waals surface area contributed by atoms with Crippen molar-refractivity contribution in [2.24, 2.45) is 5.73 Å². The molecule has 0 aromatic heterocycles. The number of anilines is 1. The first kappa shape index (κ1) is 14.8. The van der Waals surface area contributed by atoms with Crippen molar-refractivity contribution < 1.29 is 18.0 Å². The SMILES string of the molecule is C[C@@H](N)C(=O)Nc1ccccc1SCC(F)(F)F. The zero-order chi connectivity index (χ0) is 13.8. The predicted octanol–water partition coefficient (Wildman–Crippen LogP) is 2.63. The standard InChI is InChI=1S/C11H13F3N2OS/c1-7(15)10(17)16-8-4-2-3-5-9(8)18-6-11(12,13)14/h2-5,7H,6,15H2,1H3,(H,16,17)/t7-/m1/s1. The molecule has 1 aromatic rings. The van der Waals surface area contributed by atoms with Crippen LogP contribution in [0.1, 0.15) is 6.92 Å². The first-order valence-electron chi connectivity index (χ1n) is 5.14. The van der Waals surface area contributed by atoms with E-state index in [2.05, 4.69) is 5.32 Å². The molecule has 0 spiro atoms. The van der Waals surface area contributed by atoms with Gasteiger partial charge in [-0.1, -0.05) is 12.1 Å². The van der Waals surface area contributed by atoms with Gasteiger partial charge in [0.05, 0.1) is 17.5 Å². The van der Waals surface area contributed by atoms with Crippen molar-refractivity contribution in [3.63, 3.8) is 0 Å². The third-order valence-corrected chi connectivity index (χ3v) is 3.09. The molecule has 7 heteroatoms. The Kier molecular flexibility index (Phi) is 5.03. The van der Waals surface area contributed by atoms with Crippen LogP contribution in [0.15, 0.2) is 29.2 Å². The Hall–Kier alpha value is -1.21. The quantitative estimate of drug-likeness (QED) is 0.832. The third-order valence-electron chi connectivity index (χ3n) is 1.95. The summed E-state index contributed by atoms with van der Waals surface area (Å²) in [5, 5.41) is 2.49. The lowest BCUT2D eigenvalue weighted by atomic mass is 10.3. The van der Waals surface area contributed by atoms with Crippen LogP contribution >= 0.6 is 11.8 Å². The van der Waals surface area contributed by atoms with E-state index >= 15 is 0 Å². The van der Waals surface area contributed by atoms with Crippen molar-refractivity contribution in [3.8, 4) is 0 Å². The van der Waals surface area contributed by atoms with Crippen molar-refractivity contribution in [1.29, 1.82) is 0 Å². The molecule has 3 N–H and O–H groups in total. The Morgan fingerprint density at radius 3 is 2.61 bits per heavy atom. The number of nitrogens with one attached hydrogen (secondary N) is 1. The van der Waals surface area contributed by atoms with E-state index in [0.717, 1.165) is 0 Å². The van der Waals surface area contributed by atoms with Gasteiger partial charge in [0, 0.05) is 4.90 Å². The monoisotopic (exact) mass is 278 g/mol. The number of halogens is 3. The maximum atomic E-state index is 12.1. The van der Waals surface area contributed by atoms with Gasteiger partial charge in [0.2, 0.25) is 5.91 Å². The Morgan fingerprint density at radius 1 is 1.44 bits per heavy atom. The van der Waals surface area contributed by atoms with Crippen LogP contribution in [0.25, 0.3) is 0 Å². The summed E-state index contributed by atoms with van der Waals surface area (Å²) in [7, 11) is 0. The van der Waals surface area contributed by atoms with Gasteiger partial charge in [0.25, 0.3) is 0 Å². The highest BCUT2D eigenvalue weighted by molar-refractivity contribution is 7.99. The fourth-order valence-corrected chi connectivity index (χ4v) is 1.87. The highest BCUT2D eigenvalue weighted by Crippen LogP contribution is 2.32. The molecule has 1 atom stereocenters. The highest BCUT2D eigenvalue weighted by Gasteiger charge is 2.27. The molecule has 0 unspecified atom stereocenters. The minimum absolute atomic E-state index is 0.342. The molecule has 0 saturated carbocycles. The maximum absolute atomic E-state index is 12.1. The van der Waals surface area contributed by atoms with Crippen LogP contribution in [0, 0.1) is 0 Å². The Bertz CT molecular complexity index is 421. The molecule has 18 heavy (non-hydrogen) atoms. The molecule has 1 amide bonds. The molecule has 0 saturated heterocycles. The summed E-state index contributed by atoms with van der Waals surface area (Å²) in [5.41, 5.74) is 5.72. The van der Waals surface area contributed by atoms with Crippen LogP contribution in [0.5, 0.6) is 0 Å². The van der Waals surface area contributed by atoms with E-state index in [1.54, 1.807) is 18.2 Å². The van der Waals surface area contributed by atoms with E-state index in [9.17, 15) is 18.0 Å². The largest absolute Gasteiger partial charge is 0.398 e. The van der Waals surface area contributed by atoms with Gasteiger partial charge in [0.1, 0.15) is 0 Å². The second-order valence-electron chi connectivity index (χ2n) is 3.68. The number of hydrogen-bond donors (Lipinski definition) is 2. The zero-order valence-electron chi connectivity index (χ0n) is 9.62. The Balaban J connectivity index is 2.77. The second-order valence-corrected chi connectivity index (χ2v) is 4.70. The predicted molar refractivity (Wildman–Crippen MR) is 65.5 cm³/mol. The van der Waals surface area contributed by atoms with Crippen LogP contribution < -0.4 is 11.1 Å². The summed E-state index contributed by atoms with van der Waals surface area (Å²) in [6.07, 6.45) is -4.25. The third kappa shape index (κ3) is 4.97. The zero-order valence-corrected chi connectivity index (χ0v) is 10.4. The molecule has 0 bridgehead atoms. The van der Waals surface area contributed by atoms with E-state index in [1.807, 2.05) is 0 Å². The topological polar surface area (TPSA) is 55.1 Å². The van der Waals surface area contributed by atoms with E-state index in [1.165, 1.54) is 13.0 Å². The fourth-order valence-electron chi connectivity index (χ4n) is 1.10. The summed E-state index contributed by atoms with van der Waals surface area (Å²) in [4.78, 5) is 11.8. The molecule has 0 aliphatic heterocycles. The van der Waals surface area contributed by atoms with Gasteiger partial charge in [-0.15, -0.1) is 11.8 Å². The minimum atomic E-state index is -4.25. The minimum Gasteiger partial charge on any atom is -0.324 e. The van der Waals surface area contributed by atoms with E-state index in [4.69, 9.17) is 5.73 Å². The number of thioether (sulfide) groups is 1. The number of carbonyl (C=O) groups excluding carboxylic acids is 1.